The van der Waals surface area contributed by atoms with E-state index in [0.717, 1.165) is 42.5 Å². The van der Waals surface area contributed by atoms with E-state index in [9.17, 15) is 0 Å². The van der Waals surface area contributed by atoms with Gasteiger partial charge in [0.25, 0.3) is 0 Å². The molecule has 1 fully saturated rings. The van der Waals surface area contributed by atoms with Gasteiger partial charge >= 0.3 is 0 Å². The van der Waals surface area contributed by atoms with Crippen molar-refractivity contribution in [3.05, 3.63) is 36.4 Å². The fourth-order valence-corrected chi connectivity index (χ4v) is 2.25. The van der Waals surface area contributed by atoms with Gasteiger partial charge in [0, 0.05) is 18.0 Å². The Morgan fingerprint density at radius 3 is 3.17 bits per heavy atom. The van der Waals surface area contributed by atoms with Gasteiger partial charge in [0.2, 0.25) is 0 Å². The maximum atomic E-state index is 5.85. The highest BCUT2D eigenvalue weighted by molar-refractivity contribution is 5.58. The zero-order valence-electron chi connectivity index (χ0n) is 10.3. The predicted octanol–water partition coefficient (Wildman–Crippen LogP) is 2.43. The molecule has 1 aliphatic heterocycles. The van der Waals surface area contributed by atoms with Crippen LogP contribution >= 0.6 is 0 Å². The summed E-state index contributed by atoms with van der Waals surface area (Å²) in [5, 5.41) is 3.32. The van der Waals surface area contributed by atoms with Crippen molar-refractivity contribution in [3.63, 3.8) is 0 Å². The molecule has 1 aromatic heterocycles. The maximum absolute atomic E-state index is 5.85. The van der Waals surface area contributed by atoms with Gasteiger partial charge in [-0.15, -0.1) is 0 Å². The molecule has 0 radical (unpaired) electrons. The standard InChI is InChI=1S/C14H16N2O2/c1-17-12-4-2-3-10(7-12)13-9-16-14(18-13)11-5-6-15-8-11/h2-4,7,9,11,15H,5-6,8H2,1H3. The molecule has 2 heterocycles. The molecule has 0 amide bonds. The van der Waals surface area contributed by atoms with Crippen molar-refractivity contribution in [1.82, 2.24) is 10.3 Å². The average molecular weight is 244 g/mol. The Morgan fingerprint density at radius 2 is 2.39 bits per heavy atom. The zero-order chi connectivity index (χ0) is 12.4. The first-order valence-corrected chi connectivity index (χ1v) is 6.17. The molecular formula is C14H16N2O2. The van der Waals surface area contributed by atoms with E-state index in [1.807, 2.05) is 24.3 Å². The van der Waals surface area contributed by atoms with Crippen molar-refractivity contribution >= 4 is 0 Å². The fraction of sp³-hybridized carbons (Fsp3) is 0.357. The summed E-state index contributed by atoms with van der Waals surface area (Å²) in [5.41, 5.74) is 0.999. The fourth-order valence-electron chi connectivity index (χ4n) is 2.25. The van der Waals surface area contributed by atoms with Crippen LogP contribution in [0.1, 0.15) is 18.2 Å². The highest BCUT2D eigenvalue weighted by atomic mass is 16.5. The van der Waals surface area contributed by atoms with Crippen molar-refractivity contribution < 1.29 is 9.15 Å². The second kappa shape index (κ2) is 4.82. The number of nitrogens with zero attached hydrogens (tertiary/aromatic N) is 1. The van der Waals surface area contributed by atoms with Crippen molar-refractivity contribution in [2.75, 3.05) is 20.2 Å². The molecule has 0 aliphatic carbocycles. The molecule has 0 spiro atoms. The lowest BCUT2D eigenvalue weighted by atomic mass is 10.1. The van der Waals surface area contributed by atoms with Crippen LogP contribution in [-0.4, -0.2) is 25.2 Å². The number of ether oxygens (including phenoxy) is 1. The molecule has 1 saturated heterocycles. The smallest absolute Gasteiger partial charge is 0.199 e. The average Bonchev–Trinajstić information content (AvgIpc) is 3.09. The number of oxazole rings is 1. The minimum absolute atomic E-state index is 0.407. The summed E-state index contributed by atoms with van der Waals surface area (Å²) < 4.78 is 11.1. The Hall–Kier alpha value is -1.81. The molecule has 94 valence electrons. The van der Waals surface area contributed by atoms with Gasteiger partial charge in [0.1, 0.15) is 5.75 Å². The quantitative estimate of drug-likeness (QED) is 0.900. The Labute approximate surface area is 106 Å². The van der Waals surface area contributed by atoms with Gasteiger partial charge in [-0.05, 0) is 25.1 Å². The monoisotopic (exact) mass is 244 g/mol. The van der Waals surface area contributed by atoms with Crippen LogP contribution in [0.4, 0.5) is 0 Å². The number of nitrogens with one attached hydrogen (secondary N) is 1. The number of benzene rings is 1. The lowest BCUT2D eigenvalue weighted by Gasteiger charge is -2.03. The first-order valence-electron chi connectivity index (χ1n) is 6.17. The van der Waals surface area contributed by atoms with Crippen LogP contribution in [0, 0.1) is 0 Å². The molecule has 0 saturated carbocycles. The van der Waals surface area contributed by atoms with E-state index >= 15 is 0 Å². The summed E-state index contributed by atoms with van der Waals surface area (Å²) >= 11 is 0. The predicted molar refractivity (Wildman–Crippen MR) is 68.7 cm³/mol. The van der Waals surface area contributed by atoms with Crippen molar-refractivity contribution in [1.29, 1.82) is 0 Å². The van der Waals surface area contributed by atoms with Gasteiger partial charge in [-0.2, -0.15) is 0 Å². The summed E-state index contributed by atoms with van der Waals surface area (Å²) in [6, 6.07) is 7.83. The number of methoxy groups -OCH3 is 1. The van der Waals surface area contributed by atoms with E-state index in [-0.39, 0.29) is 0 Å². The topological polar surface area (TPSA) is 47.3 Å². The lowest BCUT2D eigenvalue weighted by molar-refractivity contribution is 0.414. The summed E-state index contributed by atoms with van der Waals surface area (Å²) in [6.45, 7) is 2.00. The Bertz CT molecular complexity index is 530. The van der Waals surface area contributed by atoms with Gasteiger partial charge in [-0.3, -0.25) is 0 Å². The van der Waals surface area contributed by atoms with Crippen molar-refractivity contribution in [2.24, 2.45) is 0 Å². The van der Waals surface area contributed by atoms with Crippen LogP contribution in [-0.2, 0) is 0 Å². The first-order chi connectivity index (χ1) is 8.86. The van der Waals surface area contributed by atoms with Crippen LogP contribution in [0.15, 0.2) is 34.9 Å². The van der Waals surface area contributed by atoms with Crippen molar-refractivity contribution in [3.8, 4) is 17.1 Å². The number of aromatic nitrogens is 1. The molecule has 3 rings (SSSR count). The van der Waals surface area contributed by atoms with Gasteiger partial charge in [-0.25, -0.2) is 4.98 Å². The van der Waals surface area contributed by atoms with E-state index in [1.165, 1.54) is 0 Å². The van der Waals surface area contributed by atoms with E-state index in [0.29, 0.717) is 5.92 Å². The second-order valence-corrected chi connectivity index (χ2v) is 4.48. The minimum Gasteiger partial charge on any atom is -0.497 e. The summed E-state index contributed by atoms with van der Waals surface area (Å²) in [4.78, 5) is 4.38. The molecule has 1 N–H and O–H groups in total. The number of hydrogen-bond donors (Lipinski definition) is 1. The van der Waals surface area contributed by atoms with Crippen LogP contribution in [0.5, 0.6) is 5.75 Å². The molecule has 1 unspecified atom stereocenters. The van der Waals surface area contributed by atoms with E-state index in [4.69, 9.17) is 9.15 Å². The first kappa shape index (κ1) is 11.3. The Balaban J connectivity index is 1.87. The van der Waals surface area contributed by atoms with E-state index in [2.05, 4.69) is 10.3 Å². The summed E-state index contributed by atoms with van der Waals surface area (Å²) in [6.07, 6.45) is 2.89. The largest absolute Gasteiger partial charge is 0.497 e. The van der Waals surface area contributed by atoms with Crippen molar-refractivity contribution in [2.45, 2.75) is 12.3 Å². The minimum atomic E-state index is 0.407. The van der Waals surface area contributed by atoms with E-state index < -0.39 is 0 Å². The van der Waals surface area contributed by atoms with Crippen LogP contribution in [0.25, 0.3) is 11.3 Å². The molecule has 1 atom stereocenters. The lowest BCUT2D eigenvalue weighted by Crippen LogP contribution is -2.07. The van der Waals surface area contributed by atoms with Crippen LogP contribution < -0.4 is 10.1 Å². The third-order valence-electron chi connectivity index (χ3n) is 3.29. The van der Waals surface area contributed by atoms with Gasteiger partial charge in [0.15, 0.2) is 11.7 Å². The molecular weight excluding hydrogens is 228 g/mol. The highest BCUT2D eigenvalue weighted by Gasteiger charge is 2.21. The second-order valence-electron chi connectivity index (χ2n) is 4.48. The molecule has 4 nitrogen and oxygen atoms in total. The summed E-state index contributed by atoms with van der Waals surface area (Å²) in [7, 11) is 1.66. The van der Waals surface area contributed by atoms with Crippen LogP contribution in [0.3, 0.4) is 0 Å². The summed E-state index contributed by atoms with van der Waals surface area (Å²) in [5.74, 6) is 2.87. The van der Waals surface area contributed by atoms with Gasteiger partial charge < -0.3 is 14.5 Å². The third kappa shape index (κ3) is 2.11. The Morgan fingerprint density at radius 1 is 1.44 bits per heavy atom. The molecule has 18 heavy (non-hydrogen) atoms. The molecule has 4 heteroatoms. The molecule has 0 bridgehead atoms. The highest BCUT2D eigenvalue weighted by Crippen LogP contribution is 2.28. The van der Waals surface area contributed by atoms with Gasteiger partial charge in [0.05, 0.1) is 13.3 Å². The SMILES string of the molecule is COc1cccc(-c2cnc(C3CCNC3)o2)c1. The third-order valence-corrected chi connectivity index (χ3v) is 3.29. The van der Waals surface area contributed by atoms with Gasteiger partial charge in [-0.1, -0.05) is 12.1 Å². The molecule has 2 aromatic rings. The normalized spacial score (nSPS) is 19.1. The molecule has 1 aromatic carbocycles. The maximum Gasteiger partial charge on any atom is 0.199 e. The zero-order valence-corrected chi connectivity index (χ0v) is 10.3. The number of rotatable bonds is 3. The molecule has 1 aliphatic rings. The van der Waals surface area contributed by atoms with E-state index in [1.54, 1.807) is 13.3 Å². The van der Waals surface area contributed by atoms with Crippen LogP contribution in [0.2, 0.25) is 0 Å². The Kier molecular flexibility index (Phi) is 3.02. The number of hydrogen-bond acceptors (Lipinski definition) is 4.